The van der Waals surface area contributed by atoms with E-state index in [0.717, 1.165) is 23.1 Å². The molecule has 1 aromatic carbocycles. The van der Waals surface area contributed by atoms with Crippen molar-refractivity contribution in [2.24, 2.45) is 0 Å². The molecule has 0 saturated carbocycles. The molecule has 0 aliphatic rings. The summed E-state index contributed by atoms with van der Waals surface area (Å²) in [5.74, 6) is 0. The van der Waals surface area contributed by atoms with Crippen molar-refractivity contribution in [2.45, 2.75) is 26.2 Å². The van der Waals surface area contributed by atoms with Gasteiger partial charge in [0.15, 0.2) is 0 Å². The number of aromatic nitrogens is 1. The van der Waals surface area contributed by atoms with Crippen LogP contribution in [0.2, 0.25) is 0 Å². The first kappa shape index (κ1) is 13.6. The Labute approximate surface area is 124 Å². The lowest BCUT2D eigenvalue weighted by molar-refractivity contribution is 0.795. The highest BCUT2D eigenvalue weighted by atomic mass is 16.1. The molecule has 2 nitrogen and oxygen atoms in total. The Balaban J connectivity index is 1.98. The third-order valence-electron chi connectivity index (χ3n) is 3.82. The topological polar surface area (TPSA) is 21.5 Å². The number of nitrogens with zero attached hydrogens (tertiary/aromatic N) is 1. The first-order valence-electron chi connectivity index (χ1n) is 7.48. The van der Waals surface area contributed by atoms with Gasteiger partial charge < -0.3 is 0 Å². The monoisotopic (exact) mass is 277 g/mol. The zero-order valence-electron chi connectivity index (χ0n) is 12.3. The fourth-order valence-electron chi connectivity index (χ4n) is 2.59. The second-order valence-electron chi connectivity index (χ2n) is 5.38. The molecule has 0 saturated heterocycles. The molecule has 106 valence electrons. The largest absolute Gasteiger partial charge is 0.284 e. The minimum Gasteiger partial charge on any atom is -0.284 e. The van der Waals surface area contributed by atoms with Gasteiger partial charge >= 0.3 is 0 Å². The average molecular weight is 277 g/mol. The van der Waals surface area contributed by atoms with Crippen LogP contribution < -0.4 is 5.56 Å². The summed E-state index contributed by atoms with van der Waals surface area (Å²) in [7, 11) is 0. The van der Waals surface area contributed by atoms with Crippen LogP contribution in [0, 0.1) is 0 Å². The minimum atomic E-state index is 0.0122. The van der Waals surface area contributed by atoms with Crippen LogP contribution in [0.4, 0.5) is 0 Å². The maximum absolute atomic E-state index is 12.1. The van der Waals surface area contributed by atoms with Crippen LogP contribution in [0.3, 0.4) is 0 Å². The van der Waals surface area contributed by atoms with Gasteiger partial charge in [0, 0.05) is 17.8 Å². The predicted molar refractivity (Wildman–Crippen MR) is 87.7 cm³/mol. The summed E-state index contributed by atoms with van der Waals surface area (Å²) in [6.45, 7) is 2.21. The first-order chi connectivity index (χ1) is 10.3. The lowest BCUT2D eigenvalue weighted by Gasteiger charge is -2.06. The second-order valence-corrected chi connectivity index (χ2v) is 5.38. The average Bonchev–Trinajstić information content (AvgIpc) is 2.53. The van der Waals surface area contributed by atoms with E-state index in [1.165, 1.54) is 18.4 Å². The molecule has 0 amide bonds. The summed E-state index contributed by atoms with van der Waals surface area (Å²) in [5.41, 5.74) is 4.37. The summed E-state index contributed by atoms with van der Waals surface area (Å²) in [5, 5.41) is 0. The van der Waals surface area contributed by atoms with Crippen molar-refractivity contribution in [3.8, 4) is 11.1 Å². The summed E-state index contributed by atoms with van der Waals surface area (Å²) < 4.78 is 1.67. The number of hydrogen-bond acceptors (Lipinski definition) is 1. The van der Waals surface area contributed by atoms with Crippen LogP contribution in [0.25, 0.3) is 16.6 Å². The number of fused-ring (bicyclic) bond motifs is 1. The molecule has 0 atom stereocenters. The second kappa shape index (κ2) is 5.96. The molecular weight excluding hydrogens is 258 g/mol. The minimum absolute atomic E-state index is 0.0122. The van der Waals surface area contributed by atoms with Gasteiger partial charge in [0.2, 0.25) is 0 Å². The fourth-order valence-corrected chi connectivity index (χ4v) is 2.59. The van der Waals surface area contributed by atoms with E-state index in [2.05, 4.69) is 37.3 Å². The maximum atomic E-state index is 12.1. The van der Waals surface area contributed by atoms with Crippen LogP contribution in [-0.2, 0) is 6.42 Å². The molecular formula is C19H19NO. The van der Waals surface area contributed by atoms with E-state index in [1.54, 1.807) is 16.7 Å². The van der Waals surface area contributed by atoms with E-state index >= 15 is 0 Å². The SMILES string of the molecule is CCCCc1ccc(-c2cc(=O)n3ccccc3c2)cc1. The summed E-state index contributed by atoms with van der Waals surface area (Å²) in [6, 6.07) is 18.1. The molecule has 3 aromatic rings. The van der Waals surface area contributed by atoms with Gasteiger partial charge in [-0.05, 0) is 47.7 Å². The van der Waals surface area contributed by atoms with Crippen molar-refractivity contribution in [1.29, 1.82) is 0 Å². The maximum Gasteiger partial charge on any atom is 0.255 e. The summed E-state index contributed by atoms with van der Waals surface area (Å²) in [6.07, 6.45) is 5.35. The van der Waals surface area contributed by atoms with Crippen molar-refractivity contribution in [3.05, 3.63) is 76.7 Å². The van der Waals surface area contributed by atoms with Gasteiger partial charge in [-0.2, -0.15) is 0 Å². The Bertz CT molecular complexity index is 800. The van der Waals surface area contributed by atoms with Crippen LogP contribution in [0.5, 0.6) is 0 Å². The van der Waals surface area contributed by atoms with E-state index in [9.17, 15) is 4.79 Å². The van der Waals surface area contributed by atoms with Crippen molar-refractivity contribution < 1.29 is 0 Å². The molecule has 0 spiro atoms. The summed E-state index contributed by atoms with van der Waals surface area (Å²) >= 11 is 0. The van der Waals surface area contributed by atoms with E-state index in [-0.39, 0.29) is 5.56 Å². The number of pyridine rings is 2. The van der Waals surface area contributed by atoms with Gasteiger partial charge in [0.05, 0.1) is 0 Å². The Hall–Kier alpha value is -2.35. The third-order valence-corrected chi connectivity index (χ3v) is 3.82. The molecule has 2 aromatic heterocycles. The highest BCUT2D eigenvalue weighted by molar-refractivity contribution is 5.68. The molecule has 0 N–H and O–H groups in total. The Morgan fingerprint density at radius 2 is 1.76 bits per heavy atom. The molecule has 0 aliphatic carbocycles. The predicted octanol–water partition coefficient (Wildman–Crippen LogP) is 4.31. The molecule has 2 heterocycles. The highest BCUT2D eigenvalue weighted by Crippen LogP contribution is 2.20. The van der Waals surface area contributed by atoms with E-state index in [0.29, 0.717) is 0 Å². The molecule has 0 aliphatic heterocycles. The molecule has 0 radical (unpaired) electrons. The standard InChI is InChI=1S/C19H19NO/c1-2-3-6-15-8-10-16(11-9-15)17-13-18-7-4-5-12-20(18)19(21)14-17/h4-5,7-14H,2-3,6H2,1H3. The van der Waals surface area contributed by atoms with Gasteiger partial charge in [-0.25, -0.2) is 0 Å². The summed E-state index contributed by atoms with van der Waals surface area (Å²) in [4.78, 5) is 12.1. The fraction of sp³-hybridized carbons (Fsp3) is 0.211. The van der Waals surface area contributed by atoms with Gasteiger partial charge in [0.25, 0.3) is 5.56 Å². The normalized spacial score (nSPS) is 10.9. The Kier molecular flexibility index (Phi) is 3.87. The molecule has 2 heteroatoms. The lowest BCUT2D eigenvalue weighted by atomic mass is 10.0. The van der Waals surface area contributed by atoms with Crippen molar-refractivity contribution in [3.63, 3.8) is 0 Å². The van der Waals surface area contributed by atoms with Crippen molar-refractivity contribution in [1.82, 2.24) is 4.40 Å². The molecule has 0 bridgehead atoms. The molecule has 3 rings (SSSR count). The number of benzene rings is 1. The number of unbranched alkanes of at least 4 members (excludes halogenated alkanes) is 1. The smallest absolute Gasteiger partial charge is 0.255 e. The van der Waals surface area contributed by atoms with Gasteiger partial charge in [-0.1, -0.05) is 43.7 Å². The lowest BCUT2D eigenvalue weighted by Crippen LogP contribution is -2.11. The zero-order chi connectivity index (χ0) is 14.7. The Morgan fingerprint density at radius 3 is 2.52 bits per heavy atom. The van der Waals surface area contributed by atoms with Crippen LogP contribution in [-0.4, -0.2) is 4.40 Å². The van der Waals surface area contributed by atoms with Crippen molar-refractivity contribution >= 4 is 5.52 Å². The first-order valence-corrected chi connectivity index (χ1v) is 7.48. The molecule has 21 heavy (non-hydrogen) atoms. The van der Waals surface area contributed by atoms with E-state index in [4.69, 9.17) is 0 Å². The van der Waals surface area contributed by atoms with E-state index < -0.39 is 0 Å². The van der Waals surface area contributed by atoms with Gasteiger partial charge in [-0.15, -0.1) is 0 Å². The third kappa shape index (κ3) is 2.89. The van der Waals surface area contributed by atoms with Crippen molar-refractivity contribution in [2.75, 3.05) is 0 Å². The number of rotatable bonds is 4. The van der Waals surface area contributed by atoms with Crippen LogP contribution >= 0.6 is 0 Å². The quantitative estimate of drug-likeness (QED) is 0.696. The number of hydrogen-bond donors (Lipinski definition) is 0. The molecule has 0 unspecified atom stereocenters. The van der Waals surface area contributed by atoms with Crippen LogP contribution in [0.15, 0.2) is 65.6 Å². The van der Waals surface area contributed by atoms with E-state index in [1.807, 2.05) is 18.2 Å². The highest BCUT2D eigenvalue weighted by Gasteiger charge is 2.03. The molecule has 0 fully saturated rings. The van der Waals surface area contributed by atoms with Gasteiger partial charge in [0.1, 0.15) is 0 Å². The Morgan fingerprint density at radius 1 is 0.952 bits per heavy atom. The van der Waals surface area contributed by atoms with Crippen LogP contribution in [0.1, 0.15) is 25.3 Å². The zero-order valence-corrected chi connectivity index (χ0v) is 12.3. The van der Waals surface area contributed by atoms with Gasteiger partial charge in [-0.3, -0.25) is 9.20 Å². The number of aryl methyl sites for hydroxylation is 1.